The van der Waals surface area contributed by atoms with E-state index in [2.05, 4.69) is 5.32 Å². The lowest BCUT2D eigenvalue weighted by Gasteiger charge is -2.32. The lowest BCUT2D eigenvalue weighted by molar-refractivity contribution is 0.000822. The minimum atomic E-state index is -3.50. The first-order valence-electron chi connectivity index (χ1n) is 6.48. The standard InChI is InChI=1S/C13H20N2O4S/c1-14-9-12-10-15(6-7-19-12)20(16,17)13-5-3-4-11(8-13)18-2/h3-5,8,12,14H,6-7,9-10H2,1-2H3. The summed E-state index contributed by atoms with van der Waals surface area (Å²) in [6.07, 6.45) is -0.117. The Morgan fingerprint density at radius 1 is 1.50 bits per heavy atom. The Morgan fingerprint density at radius 2 is 2.30 bits per heavy atom. The zero-order valence-corrected chi connectivity index (χ0v) is 12.5. The highest BCUT2D eigenvalue weighted by atomic mass is 32.2. The van der Waals surface area contributed by atoms with E-state index in [0.29, 0.717) is 32.0 Å². The molecule has 1 N–H and O–H groups in total. The Kier molecular flexibility index (Phi) is 4.98. The smallest absolute Gasteiger partial charge is 0.243 e. The van der Waals surface area contributed by atoms with Gasteiger partial charge in [-0.15, -0.1) is 0 Å². The number of sulfonamides is 1. The van der Waals surface area contributed by atoms with Crippen molar-refractivity contribution in [3.63, 3.8) is 0 Å². The predicted molar refractivity (Wildman–Crippen MR) is 75.4 cm³/mol. The third kappa shape index (κ3) is 3.29. The van der Waals surface area contributed by atoms with Gasteiger partial charge in [0.05, 0.1) is 24.7 Å². The highest BCUT2D eigenvalue weighted by molar-refractivity contribution is 7.89. The van der Waals surface area contributed by atoms with Crippen LogP contribution in [0.5, 0.6) is 5.75 Å². The maximum Gasteiger partial charge on any atom is 0.243 e. The molecule has 1 aliphatic heterocycles. The number of nitrogens with zero attached hydrogens (tertiary/aromatic N) is 1. The van der Waals surface area contributed by atoms with Gasteiger partial charge in [0.2, 0.25) is 10.0 Å². The summed E-state index contributed by atoms with van der Waals surface area (Å²) in [5.41, 5.74) is 0. The molecule has 2 rings (SSSR count). The molecule has 0 saturated carbocycles. The second kappa shape index (κ2) is 6.53. The second-order valence-corrected chi connectivity index (χ2v) is 6.53. The average molecular weight is 300 g/mol. The van der Waals surface area contributed by atoms with Crippen LogP contribution in [-0.2, 0) is 14.8 Å². The van der Waals surface area contributed by atoms with Crippen molar-refractivity contribution in [3.05, 3.63) is 24.3 Å². The van der Waals surface area contributed by atoms with Crippen LogP contribution in [0.25, 0.3) is 0 Å². The molecule has 1 fully saturated rings. The number of hydrogen-bond acceptors (Lipinski definition) is 5. The monoisotopic (exact) mass is 300 g/mol. The molecule has 1 aromatic carbocycles. The number of rotatable bonds is 5. The van der Waals surface area contributed by atoms with Gasteiger partial charge in [0, 0.05) is 25.7 Å². The summed E-state index contributed by atoms with van der Waals surface area (Å²) in [7, 11) is -0.165. The molecular weight excluding hydrogens is 280 g/mol. The maximum atomic E-state index is 12.6. The van der Waals surface area contributed by atoms with E-state index in [0.717, 1.165) is 0 Å². The van der Waals surface area contributed by atoms with Gasteiger partial charge < -0.3 is 14.8 Å². The van der Waals surface area contributed by atoms with Crippen LogP contribution in [0.1, 0.15) is 0 Å². The van der Waals surface area contributed by atoms with E-state index < -0.39 is 10.0 Å². The fraction of sp³-hybridized carbons (Fsp3) is 0.538. The Hall–Kier alpha value is -1.15. The van der Waals surface area contributed by atoms with Crippen molar-refractivity contribution in [1.82, 2.24) is 9.62 Å². The zero-order chi connectivity index (χ0) is 14.6. The summed E-state index contributed by atoms with van der Waals surface area (Å²) in [5.74, 6) is 0.533. The van der Waals surface area contributed by atoms with Crippen molar-refractivity contribution >= 4 is 10.0 Å². The molecule has 112 valence electrons. The van der Waals surface area contributed by atoms with Gasteiger partial charge in [-0.2, -0.15) is 4.31 Å². The number of ether oxygens (including phenoxy) is 2. The average Bonchev–Trinajstić information content (AvgIpc) is 2.48. The molecule has 7 heteroatoms. The molecule has 1 aromatic rings. The number of morpholine rings is 1. The number of hydrogen-bond donors (Lipinski definition) is 1. The Labute approximate surface area is 119 Å². The first-order valence-corrected chi connectivity index (χ1v) is 7.92. The number of likely N-dealkylation sites (N-methyl/N-ethyl adjacent to an activating group) is 1. The topological polar surface area (TPSA) is 67.9 Å². The molecule has 6 nitrogen and oxygen atoms in total. The lowest BCUT2D eigenvalue weighted by atomic mass is 10.3. The Balaban J connectivity index is 2.20. The molecule has 1 atom stereocenters. The van der Waals surface area contributed by atoms with Crippen molar-refractivity contribution in [2.75, 3.05) is 40.4 Å². The van der Waals surface area contributed by atoms with Gasteiger partial charge in [-0.1, -0.05) is 6.07 Å². The fourth-order valence-corrected chi connectivity index (χ4v) is 3.66. The summed E-state index contributed by atoms with van der Waals surface area (Å²) in [6.45, 7) is 1.78. The first-order chi connectivity index (χ1) is 9.57. The number of methoxy groups -OCH3 is 1. The van der Waals surface area contributed by atoms with Crippen molar-refractivity contribution < 1.29 is 17.9 Å². The van der Waals surface area contributed by atoms with E-state index in [1.807, 2.05) is 7.05 Å². The van der Waals surface area contributed by atoms with E-state index in [9.17, 15) is 8.42 Å². The molecule has 0 aliphatic carbocycles. The Morgan fingerprint density at radius 3 is 3.00 bits per heavy atom. The van der Waals surface area contributed by atoms with E-state index in [4.69, 9.17) is 9.47 Å². The van der Waals surface area contributed by atoms with Gasteiger partial charge in [0.1, 0.15) is 5.75 Å². The van der Waals surface area contributed by atoms with Crippen LogP contribution < -0.4 is 10.1 Å². The van der Waals surface area contributed by atoms with Crippen LogP contribution in [-0.4, -0.2) is 59.2 Å². The lowest BCUT2D eigenvalue weighted by Crippen LogP contribution is -2.48. The summed E-state index contributed by atoms with van der Waals surface area (Å²) in [4.78, 5) is 0.252. The van der Waals surface area contributed by atoms with Crippen molar-refractivity contribution in [2.24, 2.45) is 0 Å². The van der Waals surface area contributed by atoms with Crippen molar-refractivity contribution in [2.45, 2.75) is 11.0 Å². The summed E-state index contributed by atoms with van der Waals surface area (Å²) < 4.78 is 37.3. The van der Waals surface area contributed by atoms with Crippen LogP contribution in [0, 0.1) is 0 Å². The van der Waals surface area contributed by atoms with Crippen LogP contribution >= 0.6 is 0 Å². The third-order valence-electron chi connectivity index (χ3n) is 3.21. The summed E-state index contributed by atoms with van der Waals surface area (Å²) in [6, 6.07) is 6.53. The van der Waals surface area contributed by atoms with Gasteiger partial charge in [-0.05, 0) is 19.2 Å². The third-order valence-corrected chi connectivity index (χ3v) is 5.07. The molecule has 0 aromatic heterocycles. The van der Waals surface area contributed by atoms with E-state index in [1.165, 1.54) is 17.5 Å². The minimum absolute atomic E-state index is 0.117. The SMILES string of the molecule is CNCC1CN(S(=O)(=O)c2cccc(OC)c2)CCO1. The predicted octanol–water partition coefficient (Wildman–Crippen LogP) is 0.304. The minimum Gasteiger partial charge on any atom is -0.497 e. The molecule has 1 saturated heterocycles. The fourth-order valence-electron chi connectivity index (χ4n) is 2.17. The van der Waals surface area contributed by atoms with Crippen molar-refractivity contribution in [1.29, 1.82) is 0 Å². The molecule has 0 radical (unpaired) electrons. The van der Waals surface area contributed by atoms with Gasteiger partial charge in [-0.3, -0.25) is 0 Å². The molecular formula is C13H20N2O4S. The van der Waals surface area contributed by atoms with Crippen molar-refractivity contribution in [3.8, 4) is 5.75 Å². The quantitative estimate of drug-likeness (QED) is 0.847. The van der Waals surface area contributed by atoms with Crippen LogP contribution in [0.2, 0.25) is 0 Å². The van der Waals surface area contributed by atoms with Crippen LogP contribution in [0.4, 0.5) is 0 Å². The Bertz CT molecular complexity index is 545. The molecule has 1 aliphatic rings. The second-order valence-electron chi connectivity index (χ2n) is 4.59. The first kappa shape index (κ1) is 15.2. The molecule has 1 heterocycles. The zero-order valence-electron chi connectivity index (χ0n) is 11.7. The molecule has 0 spiro atoms. The molecule has 1 unspecified atom stereocenters. The largest absolute Gasteiger partial charge is 0.497 e. The normalized spacial score (nSPS) is 20.8. The summed E-state index contributed by atoms with van der Waals surface area (Å²) >= 11 is 0. The van der Waals surface area contributed by atoms with Gasteiger partial charge in [-0.25, -0.2) is 8.42 Å². The maximum absolute atomic E-state index is 12.6. The van der Waals surface area contributed by atoms with Crippen LogP contribution in [0.3, 0.4) is 0 Å². The van der Waals surface area contributed by atoms with Gasteiger partial charge in [0.25, 0.3) is 0 Å². The van der Waals surface area contributed by atoms with Gasteiger partial charge >= 0.3 is 0 Å². The van der Waals surface area contributed by atoms with Gasteiger partial charge in [0.15, 0.2) is 0 Å². The highest BCUT2D eigenvalue weighted by Gasteiger charge is 2.30. The number of benzene rings is 1. The molecule has 0 amide bonds. The summed E-state index contributed by atoms with van der Waals surface area (Å²) in [5, 5.41) is 3.00. The molecule has 20 heavy (non-hydrogen) atoms. The van der Waals surface area contributed by atoms with E-state index >= 15 is 0 Å². The molecule has 0 bridgehead atoms. The van der Waals surface area contributed by atoms with E-state index in [-0.39, 0.29) is 11.0 Å². The van der Waals surface area contributed by atoms with E-state index in [1.54, 1.807) is 18.2 Å². The number of nitrogens with one attached hydrogen (secondary N) is 1. The van der Waals surface area contributed by atoms with Crippen LogP contribution in [0.15, 0.2) is 29.2 Å². The highest BCUT2D eigenvalue weighted by Crippen LogP contribution is 2.22.